The molecule has 0 bridgehead atoms. The first-order chi connectivity index (χ1) is 6.85. The van der Waals surface area contributed by atoms with E-state index in [4.69, 9.17) is 9.47 Å². The first kappa shape index (κ1) is 13.9. The van der Waals surface area contributed by atoms with Crippen molar-refractivity contribution in [3.8, 4) is 0 Å². The van der Waals surface area contributed by atoms with Gasteiger partial charge in [-0.2, -0.15) is 0 Å². The van der Waals surface area contributed by atoms with Crippen molar-refractivity contribution in [2.24, 2.45) is 0 Å². The average Bonchev–Trinajstić information content (AvgIpc) is 2.18. The van der Waals surface area contributed by atoms with Crippen LogP contribution in [0.25, 0.3) is 0 Å². The zero-order valence-corrected chi connectivity index (χ0v) is 9.84. The van der Waals surface area contributed by atoms with Crippen LogP contribution in [0, 0.1) is 0 Å². The zero-order chi connectivity index (χ0) is 10.6. The van der Waals surface area contributed by atoms with E-state index in [0.29, 0.717) is 13.2 Å². The Bertz CT molecular complexity index is 103. The minimum Gasteiger partial charge on any atom is -0.352 e. The molecule has 0 heterocycles. The summed E-state index contributed by atoms with van der Waals surface area (Å²) in [5.74, 6) is 0. The van der Waals surface area contributed by atoms with Crippen molar-refractivity contribution in [2.75, 3.05) is 26.3 Å². The lowest BCUT2D eigenvalue weighted by molar-refractivity contribution is -0.132. The summed E-state index contributed by atoms with van der Waals surface area (Å²) in [5.41, 5.74) is 0. The maximum atomic E-state index is 5.40. The van der Waals surface area contributed by atoms with Gasteiger partial charge in [0.15, 0.2) is 6.29 Å². The van der Waals surface area contributed by atoms with E-state index in [1.54, 1.807) is 0 Å². The second-order valence-electron chi connectivity index (χ2n) is 3.25. The Morgan fingerprint density at radius 2 is 1.64 bits per heavy atom. The summed E-state index contributed by atoms with van der Waals surface area (Å²) in [4.78, 5) is 0. The largest absolute Gasteiger partial charge is 0.352 e. The van der Waals surface area contributed by atoms with Gasteiger partial charge in [-0.3, -0.25) is 0 Å². The smallest absolute Gasteiger partial charge is 0.169 e. The van der Waals surface area contributed by atoms with Gasteiger partial charge in [0.1, 0.15) is 0 Å². The van der Waals surface area contributed by atoms with Crippen molar-refractivity contribution in [1.82, 2.24) is 5.32 Å². The summed E-state index contributed by atoms with van der Waals surface area (Å²) < 4.78 is 10.8. The van der Waals surface area contributed by atoms with Crippen LogP contribution in [0.2, 0.25) is 0 Å². The number of rotatable bonds is 10. The van der Waals surface area contributed by atoms with Crippen LogP contribution in [0.15, 0.2) is 0 Å². The van der Waals surface area contributed by atoms with Crippen LogP contribution in [0.5, 0.6) is 0 Å². The molecule has 86 valence electrons. The SMILES string of the molecule is CCCCCNCC(OCC)OCC. The van der Waals surface area contributed by atoms with Gasteiger partial charge in [0.05, 0.1) is 0 Å². The van der Waals surface area contributed by atoms with Crippen LogP contribution in [-0.2, 0) is 9.47 Å². The topological polar surface area (TPSA) is 30.5 Å². The van der Waals surface area contributed by atoms with E-state index in [-0.39, 0.29) is 6.29 Å². The van der Waals surface area contributed by atoms with Crippen molar-refractivity contribution in [2.45, 2.75) is 46.3 Å². The first-order valence-electron chi connectivity index (χ1n) is 5.79. The van der Waals surface area contributed by atoms with E-state index in [1.807, 2.05) is 13.8 Å². The molecule has 0 aliphatic heterocycles. The second kappa shape index (κ2) is 11.0. The molecule has 0 atom stereocenters. The Morgan fingerprint density at radius 1 is 1.00 bits per heavy atom. The molecule has 0 rings (SSSR count). The molecule has 0 spiro atoms. The maximum absolute atomic E-state index is 5.40. The molecule has 0 aromatic carbocycles. The summed E-state index contributed by atoms with van der Waals surface area (Å²) in [7, 11) is 0. The van der Waals surface area contributed by atoms with Crippen LogP contribution in [-0.4, -0.2) is 32.6 Å². The van der Waals surface area contributed by atoms with Gasteiger partial charge < -0.3 is 14.8 Å². The van der Waals surface area contributed by atoms with Gasteiger partial charge in [-0.05, 0) is 26.8 Å². The number of ether oxygens (including phenoxy) is 2. The van der Waals surface area contributed by atoms with Crippen LogP contribution in [0.4, 0.5) is 0 Å². The van der Waals surface area contributed by atoms with Crippen LogP contribution < -0.4 is 5.32 Å². The lowest BCUT2D eigenvalue weighted by Gasteiger charge is -2.17. The van der Waals surface area contributed by atoms with E-state index < -0.39 is 0 Å². The minimum atomic E-state index is -0.0772. The summed E-state index contributed by atoms with van der Waals surface area (Å²) in [6, 6.07) is 0. The van der Waals surface area contributed by atoms with E-state index >= 15 is 0 Å². The van der Waals surface area contributed by atoms with Crippen molar-refractivity contribution >= 4 is 0 Å². The summed E-state index contributed by atoms with van der Waals surface area (Å²) in [6.45, 7) is 9.47. The Hall–Kier alpha value is -0.120. The lowest BCUT2D eigenvalue weighted by Crippen LogP contribution is -2.32. The molecule has 14 heavy (non-hydrogen) atoms. The number of hydrogen-bond donors (Lipinski definition) is 1. The molecule has 0 aliphatic rings. The van der Waals surface area contributed by atoms with Crippen molar-refractivity contribution in [1.29, 1.82) is 0 Å². The fraction of sp³-hybridized carbons (Fsp3) is 1.00. The highest BCUT2D eigenvalue weighted by Gasteiger charge is 2.05. The van der Waals surface area contributed by atoms with E-state index in [2.05, 4.69) is 12.2 Å². The van der Waals surface area contributed by atoms with Gasteiger partial charge in [0.2, 0.25) is 0 Å². The Morgan fingerprint density at radius 3 is 2.14 bits per heavy atom. The second-order valence-corrected chi connectivity index (χ2v) is 3.25. The molecule has 3 nitrogen and oxygen atoms in total. The third-order valence-corrected chi connectivity index (χ3v) is 1.97. The van der Waals surface area contributed by atoms with Crippen LogP contribution >= 0.6 is 0 Å². The lowest BCUT2D eigenvalue weighted by atomic mass is 10.2. The molecule has 1 N–H and O–H groups in total. The highest BCUT2D eigenvalue weighted by molar-refractivity contribution is 4.52. The van der Waals surface area contributed by atoms with E-state index in [9.17, 15) is 0 Å². The Balaban J connectivity index is 3.30. The normalized spacial score (nSPS) is 11.1. The van der Waals surface area contributed by atoms with E-state index in [1.165, 1.54) is 19.3 Å². The van der Waals surface area contributed by atoms with Crippen LogP contribution in [0.3, 0.4) is 0 Å². The molecule has 3 heteroatoms. The van der Waals surface area contributed by atoms with Gasteiger partial charge >= 0.3 is 0 Å². The summed E-state index contributed by atoms with van der Waals surface area (Å²) >= 11 is 0. The fourth-order valence-electron chi connectivity index (χ4n) is 1.26. The Kier molecular flexibility index (Phi) is 10.9. The average molecular weight is 203 g/mol. The monoisotopic (exact) mass is 203 g/mol. The third-order valence-electron chi connectivity index (χ3n) is 1.97. The molecule has 0 radical (unpaired) electrons. The molecular weight excluding hydrogens is 178 g/mol. The summed E-state index contributed by atoms with van der Waals surface area (Å²) in [5, 5.41) is 3.34. The third kappa shape index (κ3) is 8.48. The predicted octanol–water partition coefficient (Wildman–Crippen LogP) is 2.17. The molecule has 0 aliphatic carbocycles. The molecule has 0 fully saturated rings. The van der Waals surface area contributed by atoms with E-state index in [0.717, 1.165) is 13.1 Å². The summed E-state index contributed by atoms with van der Waals surface area (Å²) in [6.07, 6.45) is 3.72. The fourth-order valence-corrected chi connectivity index (χ4v) is 1.26. The first-order valence-corrected chi connectivity index (χ1v) is 5.79. The standard InChI is InChI=1S/C11H25NO2/c1-4-7-8-9-12-10-11(13-5-2)14-6-3/h11-12H,4-10H2,1-3H3. The highest BCUT2D eigenvalue weighted by Crippen LogP contribution is 1.95. The van der Waals surface area contributed by atoms with Gasteiger partial charge in [-0.25, -0.2) is 0 Å². The molecule has 0 aromatic heterocycles. The number of hydrogen-bond acceptors (Lipinski definition) is 3. The van der Waals surface area contributed by atoms with Crippen LogP contribution in [0.1, 0.15) is 40.0 Å². The molecular formula is C11H25NO2. The van der Waals surface area contributed by atoms with Gasteiger partial charge in [0.25, 0.3) is 0 Å². The number of unbranched alkanes of at least 4 members (excludes halogenated alkanes) is 2. The van der Waals surface area contributed by atoms with Crippen molar-refractivity contribution in [3.63, 3.8) is 0 Å². The molecule has 0 saturated carbocycles. The van der Waals surface area contributed by atoms with Crippen molar-refractivity contribution in [3.05, 3.63) is 0 Å². The zero-order valence-electron chi connectivity index (χ0n) is 9.84. The maximum Gasteiger partial charge on any atom is 0.169 e. The quantitative estimate of drug-likeness (QED) is 0.436. The van der Waals surface area contributed by atoms with Crippen molar-refractivity contribution < 1.29 is 9.47 Å². The van der Waals surface area contributed by atoms with Gasteiger partial charge in [-0.1, -0.05) is 19.8 Å². The number of nitrogens with one attached hydrogen (secondary N) is 1. The van der Waals surface area contributed by atoms with Gasteiger partial charge in [-0.15, -0.1) is 0 Å². The Labute approximate surface area is 88.2 Å². The minimum absolute atomic E-state index is 0.0772. The van der Waals surface area contributed by atoms with Gasteiger partial charge in [0, 0.05) is 19.8 Å². The molecule has 0 unspecified atom stereocenters. The predicted molar refractivity (Wildman–Crippen MR) is 59.4 cm³/mol. The molecule has 0 saturated heterocycles. The molecule has 0 amide bonds. The molecule has 0 aromatic rings. The highest BCUT2D eigenvalue weighted by atomic mass is 16.7.